The number of nitriles is 1. The number of ketones is 1. The molecule has 0 N–H and O–H groups in total. The molecule has 0 bridgehead atoms. The summed E-state index contributed by atoms with van der Waals surface area (Å²) in [5.41, 5.74) is 1.04. The first-order valence-electron chi connectivity index (χ1n) is 9.42. The number of rotatable bonds is 9. The maximum atomic E-state index is 13.9. The number of methoxy groups -OCH3 is 6. The second-order valence-corrected chi connectivity index (χ2v) is 6.48. The summed E-state index contributed by atoms with van der Waals surface area (Å²) in [7, 11) is 8.13. The molecule has 32 heavy (non-hydrogen) atoms. The molecule has 0 radical (unpaired) electrons. The summed E-state index contributed by atoms with van der Waals surface area (Å²) in [5.74, 6) is -0.539. The molecule has 2 rings (SSSR count). The molecule has 0 aromatic heterocycles. The van der Waals surface area contributed by atoms with E-state index in [-0.39, 0.29) is 46.1 Å². The van der Waals surface area contributed by atoms with Crippen molar-refractivity contribution in [1.29, 1.82) is 5.26 Å². The molecule has 0 unspecified atom stereocenters. The van der Waals surface area contributed by atoms with Gasteiger partial charge in [-0.15, -0.1) is 0 Å². The SMILES string of the molecule is COC(=O)c1c(OC)cc(OC)c(C(=O)c2c(OC)cc(OC)c(C)c2CC#N)c1OC. The van der Waals surface area contributed by atoms with Gasteiger partial charge in [0, 0.05) is 12.1 Å². The predicted octanol–water partition coefficient (Wildman–Crippen LogP) is 3.12. The van der Waals surface area contributed by atoms with E-state index in [2.05, 4.69) is 6.07 Å². The van der Waals surface area contributed by atoms with Gasteiger partial charge in [-0.1, -0.05) is 0 Å². The van der Waals surface area contributed by atoms with Crippen LogP contribution in [-0.4, -0.2) is 54.4 Å². The van der Waals surface area contributed by atoms with Crippen LogP contribution in [0.5, 0.6) is 28.7 Å². The van der Waals surface area contributed by atoms with E-state index >= 15 is 0 Å². The van der Waals surface area contributed by atoms with Crippen molar-refractivity contribution >= 4 is 11.8 Å². The lowest BCUT2D eigenvalue weighted by atomic mass is 9.90. The zero-order chi connectivity index (χ0) is 24.0. The van der Waals surface area contributed by atoms with Gasteiger partial charge >= 0.3 is 5.97 Å². The largest absolute Gasteiger partial charge is 0.496 e. The zero-order valence-electron chi connectivity index (χ0n) is 19.1. The van der Waals surface area contributed by atoms with Crippen LogP contribution >= 0.6 is 0 Å². The van der Waals surface area contributed by atoms with E-state index in [4.69, 9.17) is 28.4 Å². The molecular weight excluding hydrogens is 418 g/mol. The molecular formula is C23H25NO8. The van der Waals surface area contributed by atoms with Crippen LogP contribution in [0.2, 0.25) is 0 Å². The number of ether oxygens (including phenoxy) is 6. The summed E-state index contributed by atoms with van der Waals surface area (Å²) in [5, 5.41) is 9.40. The van der Waals surface area contributed by atoms with Gasteiger partial charge in [0.05, 0.1) is 60.7 Å². The lowest BCUT2D eigenvalue weighted by Gasteiger charge is -2.21. The van der Waals surface area contributed by atoms with Crippen molar-refractivity contribution in [3.63, 3.8) is 0 Å². The highest BCUT2D eigenvalue weighted by Crippen LogP contribution is 2.43. The number of carbonyl (C=O) groups excluding carboxylic acids is 2. The first-order chi connectivity index (χ1) is 15.3. The van der Waals surface area contributed by atoms with Gasteiger partial charge in [0.25, 0.3) is 0 Å². The molecule has 9 heteroatoms. The molecule has 170 valence electrons. The maximum Gasteiger partial charge on any atom is 0.345 e. The van der Waals surface area contributed by atoms with Gasteiger partial charge in [0.2, 0.25) is 5.78 Å². The minimum Gasteiger partial charge on any atom is -0.496 e. The Morgan fingerprint density at radius 2 is 1.28 bits per heavy atom. The third-order valence-electron chi connectivity index (χ3n) is 5.02. The lowest BCUT2D eigenvalue weighted by Crippen LogP contribution is -2.16. The maximum absolute atomic E-state index is 13.9. The molecule has 0 saturated heterocycles. The van der Waals surface area contributed by atoms with Gasteiger partial charge in [-0.3, -0.25) is 4.79 Å². The third kappa shape index (κ3) is 4.12. The van der Waals surface area contributed by atoms with Crippen molar-refractivity contribution in [2.45, 2.75) is 13.3 Å². The number of hydrogen-bond donors (Lipinski definition) is 0. The minimum atomic E-state index is -0.759. The van der Waals surface area contributed by atoms with Gasteiger partial charge < -0.3 is 28.4 Å². The van der Waals surface area contributed by atoms with Crippen LogP contribution in [0.1, 0.15) is 37.4 Å². The van der Waals surface area contributed by atoms with Crippen molar-refractivity contribution in [2.75, 3.05) is 42.7 Å². The van der Waals surface area contributed by atoms with E-state index in [0.29, 0.717) is 16.9 Å². The standard InChI is InChI=1S/C23H25NO8/c1-12-13(8-9-24)18(15(28-3)10-14(12)27-2)21(25)19-16(29-4)11-17(30-5)20(22(19)31-6)23(26)32-7/h10-11H,8H2,1-7H3. The molecule has 0 saturated carbocycles. The van der Waals surface area contributed by atoms with E-state index in [9.17, 15) is 14.9 Å². The smallest absolute Gasteiger partial charge is 0.345 e. The van der Waals surface area contributed by atoms with Crippen molar-refractivity contribution in [2.24, 2.45) is 0 Å². The van der Waals surface area contributed by atoms with E-state index in [0.717, 1.165) is 0 Å². The van der Waals surface area contributed by atoms with Crippen molar-refractivity contribution in [3.8, 4) is 34.8 Å². The summed E-state index contributed by atoms with van der Waals surface area (Å²) in [6.45, 7) is 1.74. The Hall–Kier alpha value is -3.93. The molecule has 2 aromatic carbocycles. The molecule has 0 aliphatic carbocycles. The summed E-state index contributed by atoms with van der Waals surface area (Å²) in [6, 6.07) is 5.03. The monoisotopic (exact) mass is 443 g/mol. The van der Waals surface area contributed by atoms with Crippen molar-refractivity contribution < 1.29 is 38.0 Å². The molecule has 9 nitrogen and oxygen atoms in total. The van der Waals surface area contributed by atoms with Gasteiger partial charge in [-0.05, 0) is 18.1 Å². The topological polar surface area (TPSA) is 113 Å². The molecule has 0 aliphatic rings. The number of carbonyl (C=O) groups is 2. The third-order valence-corrected chi connectivity index (χ3v) is 5.02. The van der Waals surface area contributed by atoms with Gasteiger partial charge in [-0.2, -0.15) is 5.26 Å². The number of esters is 1. The summed E-state index contributed by atoms with van der Waals surface area (Å²) in [6.07, 6.45) is -0.0783. The summed E-state index contributed by atoms with van der Waals surface area (Å²) < 4.78 is 31.9. The van der Waals surface area contributed by atoms with Crippen molar-refractivity contribution in [3.05, 3.63) is 39.9 Å². The Balaban J connectivity index is 2.99. The normalized spacial score (nSPS) is 10.1. The first kappa shape index (κ1) is 24.3. The number of hydrogen-bond acceptors (Lipinski definition) is 9. The highest BCUT2D eigenvalue weighted by molar-refractivity contribution is 6.17. The molecule has 0 amide bonds. The van der Waals surface area contributed by atoms with Crippen LogP contribution in [-0.2, 0) is 11.2 Å². The quantitative estimate of drug-likeness (QED) is 0.426. The van der Waals surface area contributed by atoms with E-state index in [1.165, 1.54) is 48.7 Å². The predicted molar refractivity (Wildman–Crippen MR) is 114 cm³/mol. The Kier molecular flexibility index (Phi) is 7.91. The first-order valence-corrected chi connectivity index (χ1v) is 9.42. The Morgan fingerprint density at radius 1 is 0.781 bits per heavy atom. The van der Waals surface area contributed by atoms with Crippen LogP contribution in [0.3, 0.4) is 0 Å². The lowest BCUT2D eigenvalue weighted by molar-refractivity contribution is 0.0593. The highest BCUT2D eigenvalue weighted by atomic mass is 16.5. The number of nitrogens with zero attached hydrogens (tertiary/aromatic N) is 1. The number of benzene rings is 2. The van der Waals surface area contributed by atoms with Crippen LogP contribution in [0.15, 0.2) is 12.1 Å². The average molecular weight is 443 g/mol. The minimum absolute atomic E-state index is 0.0433. The van der Waals surface area contributed by atoms with E-state index in [1.807, 2.05) is 0 Å². The fraction of sp³-hybridized carbons (Fsp3) is 0.348. The molecule has 0 spiro atoms. The van der Waals surface area contributed by atoms with E-state index in [1.54, 1.807) is 13.0 Å². The van der Waals surface area contributed by atoms with Crippen LogP contribution < -0.4 is 23.7 Å². The van der Waals surface area contributed by atoms with Crippen LogP contribution in [0.25, 0.3) is 0 Å². The molecule has 0 atom stereocenters. The second-order valence-electron chi connectivity index (χ2n) is 6.48. The zero-order valence-corrected chi connectivity index (χ0v) is 19.1. The Labute approximate surface area is 186 Å². The second kappa shape index (κ2) is 10.4. The van der Waals surface area contributed by atoms with Crippen LogP contribution in [0.4, 0.5) is 0 Å². The Morgan fingerprint density at radius 3 is 1.75 bits per heavy atom. The average Bonchev–Trinajstić information content (AvgIpc) is 2.82. The fourth-order valence-electron chi connectivity index (χ4n) is 3.48. The van der Waals surface area contributed by atoms with Gasteiger partial charge in [0.15, 0.2) is 5.75 Å². The highest BCUT2D eigenvalue weighted by Gasteiger charge is 2.33. The molecule has 0 fully saturated rings. The summed E-state index contributed by atoms with van der Waals surface area (Å²) in [4.78, 5) is 26.4. The molecule has 0 heterocycles. The molecule has 2 aromatic rings. The van der Waals surface area contributed by atoms with Gasteiger partial charge in [-0.25, -0.2) is 4.79 Å². The summed E-state index contributed by atoms with van der Waals surface area (Å²) >= 11 is 0. The van der Waals surface area contributed by atoms with Crippen molar-refractivity contribution in [1.82, 2.24) is 0 Å². The fourth-order valence-corrected chi connectivity index (χ4v) is 3.48. The molecule has 0 aliphatic heterocycles. The van der Waals surface area contributed by atoms with E-state index < -0.39 is 11.8 Å². The van der Waals surface area contributed by atoms with Crippen LogP contribution in [0, 0.1) is 18.3 Å². The Bertz CT molecular complexity index is 1080. The van der Waals surface area contributed by atoms with Gasteiger partial charge in [0.1, 0.15) is 34.1 Å².